The lowest BCUT2D eigenvalue weighted by atomic mass is 9.99. The quantitative estimate of drug-likeness (QED) is 0.609. The first-order valence-corrected chi connectivity index (χ1v) is 12.2. The van der Waals surface area contributed by atoms with E-state index in [-0.39, 0.29) is 23.5 Å². The molecule has 1 atom stereocenters. The van der Waals surface area contributed by atoms with E-state index in [0.717, 1.165) is 16.3 Å². The molecule has 1 fully saturated rings. The molecule has 3 aromatic carbocycles. The first kappa shape index (κ1) is 21.3. The second-order valence-electron chi connectivity index (χ2n) is 8.07. The molecule has 32 heavy (non-hydrogen) atoms. The minimum Gasteiger partial charge on any atom is -0.312 e. The minimum absolute atomic E-state index is 0.0611. The van der Waals surface area contributed by atoms with Crippen LogP contribution in [0.25, 0.3) is 10.8 Å². The lowest BCUT2D eigenvalue weighted by molar-refractivity contribution is -0.118. The molecular formula is C23H21ClFN3O3S. The lowest BCUT2D eigenvalue weighted by Crippen LogP contribution is -2.41. The van der Waals surface area contributed by atoms with Crippen molar-refractivity contribution in [3.8, 4) is 0 Å². The van der Waals surface area contributed by atoms with Gasteiger partial charge in [0.05, 0.1) is 10.6 Å². The Morgan fingerprint density at radius 2 is 1.88 bits per heavy atom. The van der Waals surface area contributed by atoms with Crippen molar-refractivity contribution in [3.63, 3.8) is 0 Å². The Kier molecular flexibility index (Phi) is 5.41. The molecule has 6 nitrogen and oxygen atoms in total. The van der Waals surface area contributed by atoms with E-state index in [1.807, 2.05) is 6.07 Å². The molecule has 0 bridgehead atoms. The largest absolute Gasteiger partial charge is 0.312 e. The zero-order valence-corrected chi connectivity index (χ0v) is 18.6. The number of nitrogens with zero attached hydrogens (tertiary/aromatic N) is 1. The van der Waals surface area contributed by atoms with Crippen LogP contribution in [0.5, 0.6) is 0 Å². The number of sulfonamides is 1. The van der Waals surface area contributed by atoms with Gasteiger partial charge in [0.1, 0.15) is 11.9 Å². The molecule has 0 saturated carbocycles. The highest BCUT2D eigenvalue weighted by Crippen LogP contribution is 2.31. The van der Waals surface area contributed by atoms with Crippen LogP contribution < -0.4 is 14.9 Å². The monoisotopic (exact) mass is 473 g/mol. The molecule has 0 aromatic heterocycles. The zero-order chi connectivity index (χ0) is 22.5. The summed E-state index contributed by atoms with van der Waals surface area (Å²) in [6, 6.07) is 12.4. The summed E-state index contributed by atoms with van der Waals surface area (Å²) in [5.41, 5.74) is 1.72. The Hall–Kier alpha value is -2.52. The van der Waals surface area contributed by atoms with Crippen LogP contribution >= 0.6 is 11.6 Å². The van der Waals surface area contributed by atoms with Gasteiger partial charge in [0.2, 0.25) is 15.9 Å². The van der Waals surface area contributed by atoms with Crippen LogP contribution in [0.3, 0.4) is 0 Å². The number of rotatable bonds is 4. The van der Waals surface area contributed by atoms with Gasteiger partial charge in [0.25, 0.3) is 0 Å². The number of carbonyl (C=O) groups is 1. The molecule has 2 N–H and O–H groups in total. The fourth-order valence-corrected chi connectivity index (χ4v) is 5.81. The normalized spacial score (nSPS) is 18.9. The first-order valence-electron chi connectivity index (χ1n) is 10.4. The van der Waals surface area contributed by atoms with E-state index in [9.17, 15) is 13.2 Å². The molecule has 5 rings (SSSR count). The number of carbonyl (C=O) groups excluding carboxylic acids is 1. The maximum atomic E-state index is 15.1. The van der Waals surface area contributed by atoms with Crippen LogP contribution in [0.15, 0.2) is 53.4 Å². The van der Waals surface area contributed by atoms with Gasteiger partial charge in [-0.1, -0.05) is 29.8 Å². The van der Waals surface area contributed by atoms with Gasteiger partial charge in [-0.25, -0.2) is 12.8 Å². The summed E-state index contributed by atoms with van der Waals surface area (Å²) in [6.45, 7) is 1.53. The van der Waals surface area contributed by atoms with E-state index in [2.05, 4.69) is 10.0 Å². The molecule has 2 aliphatic heterocycles. The number of amides is 1. The molecule has 0 spiro atoms. The van der Waals surface area contributed by atoms with Crippen molar-refractivity contribution in [1.82, 2.24) is 10.0 Å². The van der Waals surface area contributed by atoms with E-state index in [4.69, 9.17) is 11.6 Å². The molecule has 166 valence electrons. The van der Waals surface area contributed by atoms with Crippen molar-refractivity contribution < 1.29 is 17.6 Å². The minimum atomic E-state index is -3.94. The highest BCUT2D eigenvalue weighted by Gasteiger charge is 2.37. The summed E-state index contributed by atoms with van der Waals surface area (Å²) in [4.78, 5) is 14.4. The van der Waals surface area contributed by atoms with Crippen molar-refractivity contribution in [2.45, 2.75) is 30.3 Å². The zero-order valence-electron chi connectivity index (χ0n) is 17.1. The molecule has 9 heteroatoms. The van der Waals surface area contributed by atoms with E-state index in [1.165, 1.54) is 11.0 Å². The summed E-state index contributed by atoms with van der Waals surface area (Å²) >= 11 is 5.99. The number of anilines is 1. The molecule has 2 heterocycles. The van der Waals surface area contributed by atoms with Crippen molar-refractivity contribution in [2.24, 2.45) is 0 Å². The Balaban J connectivity index is 1.38. The Morgan fingerprint density at radius 3 is 2.72 bits per heavy atom. The molecule has 0 unspecified atom stereocenters. The van der Waals surface area contributed by atoms with Gasteiger partial charge in [-0.2, -0.15) is 4.72 Å². The van der Waals surface area contributed by atoms with Gasteiger partial charge >= 0.3 is 0 Å². The number of halogens is 2. The van der Waals surface area contributed by atoms with E-state index in [0.29, 0.717) is 30.1 Å². The maximum Gasteiger partial charge on any atom is 0.245 e. The number of hydrogen-bond donors (Lipinski definition) is 2. The molecule has 1 amide bonds. The van der Waals surface area contributed by atoms with E-state index < -0.39 is 27.8 Å². The van der Waals surface area contributed by atoms with E-state index >= 15 is 4.39 Å². The molecule has 0 aliphatic carbocycles. The second-order valence-corrected chi connectivity index (χ2v) is 10.2. The van der Waals surface area contributed by atoms with E-state index in [1.54, 1.807) is 36.4 Å². The lowest BCUT2D eigenvalue weighted by Gasteiger charge is -2.23. The number of nitrogens with one attached hydrogen (secondary N) is 2. The van der Waals surface area contributed by atoms with Crippen LogP contribution in [0, 0.1) is 5.82 Å². The predicted octanol–water partition coefficient (Wildman–Crippen LogP) is 3.36. The molecule has 2 aliphatic rings. The third-order valence-electron chi connectivity index (χ3n) is 6.06. The summed E-state index contributed by atoms with van der Waals surface area (Å²) in [5.74, 6) is -0.844. The molecule has 1 saturated heterocycles. The highest BCUT2D eigenvalue weighted by molar-refractivity contribution is 7.89. The standard InChI is InChI=1S/C23H21ClFN3O3S/c24-17-4-1-15-12-18(5-2-14(15)11-17)32(30,31)27-20-8-10-28(23(20)29)21-6-3-16-13-26-9-7-19(16)22(21)25/h1-6,11-12,20,26-27H,7-10,13H2/t20-/m0/s1. The molecule has 3 aromatic rings. The van der Waals surface area contributed by atoms with Crippen LogP contribution in [0.1, 0.15) is 17.5 Å². The van der Waals surface area contributed by atoms with Gasteiger partial charge < -0.3 is 10.2 Å². The van der Waals surface area contributed by atoms with Crippen LogP contribution in [-0.2, 0) is 27.8 Å². The summed E-state index contributed by atoms with van der Waals surface area (Å²) in [7, 11) is -3.94. The first-order chi connectivity index (χ1) is 15.3. The average molecular weight is 474 g/mol. The van der Waals surface area contributed by atoms with Gasteiger partial charge in [-0.05, 0) is 71.6 Å². The fourth-order valence-electron chi connectivity index (χ4n) is 4.38. The van der Waals surface area contributed by atoms with Gasteiger partial charge in [0, 0.05) is 18.1 Å². The highest BCUT2D eigenvalue weighted by atomic mass is 35.5. The maximum absolute atomic E-state index is 15.1. The van der Waals surface area contributed by atoms with Crippen LogP contribution in [0.2, 0.25) is 5.02 Å². The average Bonchev–Trinajstić information content (AvgIpc) is 3.13. The Morgan fingerprint density at radius 1 is 1.09 bits per heavy atom. The van der Waals surface area contributed by atoms with Gasteiger partial charge in [0.15, 0.2) is 0 Å². The SMILES string of the molecule is O=C1[C@@H](NS(=O)(=O)c2ccc3cc(Cl)ccc3c2)CCN1c1ccc2c(c1F)CCNC2. The summed E-state index contributed by atoms with van der Waals surface area (Å²) in [6.07, 6.45) is 0.819. The van der Waals surface area contributed by atoms with Gasteiger partial charge in [-0.3, -0.25) is 4.79 Å². The second kappa shape index (κ2) is 8.12. The van der Waals surface area contributed by atoms with Crippen LogP contribution in [-0.4, -0.2) is 33.5 Å². The number of fused-ring (bicyclic) bond motifs is 2. The number of hydrogen-bond acceptors (Lipinski definition) is 4. The fraction of sp³-hybridized carbons (Fsp3) is 0.261. The topological polar surface area (TPSA) is 78.5 Å². The molecule has 0 radical (unpaired) electrons. The van der Waals surface area contributed by atoms with Crippen molar-refractivity contribution in [1.29, 1.82) is 0 Å². The number of benzene rings is 3. The van der Waals surface area contributed by atoms with Gasteiger partial charge in [-0.15, -0.1) is 0 Å². The Labute approximate surface area is 190 Å². The van der Waals surface area contributed by atoms with Crippen molar-refractivity contribution >= 4 is 44.0 Å². The summed E-state index contributed by atoms with van der Waals surface area (Å²) < 4.78 is 43.5. The predicted molar refractivity (Wildman–Crippen MR) is 122 cm³/mol. The summed E-state index contributed by atoms with van der Waals surface area (Å²) in [5, 5.41) is 5.30. The third kappa shape index (κ3) is 3.77. The third-order valence-corrected chi connectivity index (χ3v) is 7.77. The smallest absolute Gasteiger partial charge is 0.245 e. The van der Waals surface area contributed by atoms with Crippen LogP contribution in [0.4, 0.5) is 10.1 Å². The van der Waals surface area contributed by atoms with Crippen molar-refractivity contribution in [3.05, 3.63) is 70.5 Å². The Bertz CT molecular complexity index is 1350. The molecular weight excluding hydrogens is 453 g/mol. The van der Waals surface area contributed by atoms with Crippen molar-refractivity contribution in [2.75, 3.05) is 18.0 Å².